The molecule has 2 aromatic rings. The summed E-state index contributed by atoms with van der Waals surface area (Å²) in [4.78, 5) is 6.33. The number of halogens is 1. The van der Waals surface area contributed by atoms with Crippen molar-refractivity contribution in [2.45, 2.75) is 13.1 Å². The molecule has 0 atom stereocenters. The third kappa shape index (κ3) is 3.51. The Bertz CT molecular complexity index is 542. The lowest BCUT2D eigenvalue weighted by Gasteiger charge is -2.18. The average Bonchev–Trinajstić information content (AvgIpc) is 2.42. The summed E-state index contributed by atoms with van der Waals surface area (Å²) in [5, 5.41) is 3.06. The van der Waals surface area contributed by atoms with Gasteiger partial charge in [0.05, 0.1) is 0 Å². The fourth-order valence-corrected chi connectivity index (χ4v) is 2.06. The lowest BCUT2D eigenvalue weighted by atomic mass is 10.2. The summed E-state index contributed by atoms with van der Waals surface area (Å²) in [7, 11) is 3.82. The van der Waals surface area contributed by atoms with Gasteiger partial charge in [-0.25, -0.2) is 9.37 Å². The highest BCUT2D eigenvalue weighted by Gasteiger charge is 2.08. The second-order valence-electron chi connectivity index (χ2n) is 4.52. The zero-order valence-electron chi connectivity index (χ0n) is 11.2. The molecule has 1 heterocycles. The highest BCUT2D eigenvalue weighted by molar-refractivity contribution is 5.42. The standard InChI is InChI=1S/C15H18FN3/c1-17-15-13(7-5-9-18-15)11-19(2)10-12-6-3-4-8-14(12)16/h3-9H,10-11H2,1-2H3,(H,17,18). The molecular weight excluding hydrogens is 241 g/mol. The van der Waals surface area contributed by atoms with Crippen molar-refractivity contribution in [3.8, 4) is 0 Å². The van der Waals surface area contributed by atoms with E-state index in [1.807, 2.05) is 38.4 Å². The van der Waals surface area contributed by atoms with Crippen molar-refractivity contribution < 1.29 is 4.39 Å². The maximum Gasteiger partial charge on any atom is 0.130 e. The first-order chi connectivity index (χ1) is 9.20. The second kappa shape index (κ2) is 6.29. The second-order valence-corrected chi connectivity index (χ2v) is 4.52. The van der Waals surface area contributed by atoms with Crippen molar-refractivity contribution in [1.29, 1.82) is 0 Å². The van der Waals surface area contributed by atoms with Gasteiger partial charge in [-0.1, -0.05) is 24.3 Å². The van der Waals surface area contributed by atoms with Crippen LogP contribution in [0.5, 0.6) is 0 Å². The molecule has 0 bridgehead atoms. The summed E-state index contributed by atoms with van der Waals surface area (Å²) < 4.78 is 13.6. The number of benzene rings is 1. The Labute approximate surface area is 113 Å². The Balaban J connectivity index is 2.05. The molecule has 0 spiro atoms. The van der Waals surface area contributed by atoms with Crippen LogP contribution in [0.1, 0.15) is 11.1 Å². The average molecular weight is 259 g/mol. The Morgan fingerprint density at radius 3 is 2.53 bits per heavy atom. The minimum Gasteiger partial charge on any atom is -0.373 e. The van der Waals surface area contributed by atoms with Crippen LogP contribution in [0.4, 0.5) is 10.2 Å². The van der Waals surface area contributed by atoms with Gasteiger partial charge in [0.2, 0.25) is 0 Å². The normalized spacial score (nSPS) is 10.7. The van der Waals surface area contributed by atoms with E-state index in [1.54, 1.807) is 12.3 Å². The van der Waals surface area contributed by atoms with Crippen LogP contribution >= 0.6 is 0 Å². The van der Waals surface area contributed by atoms with Crippen LogP contribution in [-0.4, -0.2) is 24.0 Å². The lowest BCUT2D eigenvalue weighted by molar-refractivity contribution is 0.314. The lowest BCUT2D eigenvalue weighted by Crippen LogP contribution is -2.19. The Kier molecular flexibility index (Phi) is 4.47. The van der Waals surface area contributed by atoms with Gasteiger partial charge in [-0.3, -0.25) is 4.90 Å². The topological polar surface area (TPSA) is 28.2 Å². The van der Waals surface area contributed by atoms with Crippen molar-refractivity contribution in [3.63, 3.8) is 0 Å². The van der Waals surface area contributed by atoms with Crippen molar-refractivity contribution in [2.24, 2.45) is 0 Å². The smallest absolute Gasteiger partial charge is 0.130 e. The van der Waals surface area contributed by atoms with Crippen LogP contribution in [0, 0.1) is 5.82 Å². The summed E-state index contributed by atoms with van der Waals surface area (Å²) in [5.41, 5.74) is 1.81. The Morgan fingerprint density at radius 1 is 1.11 bits per heavy atom. The number of hydrogen-bond acceptors (Lipinski definition) is 3. The largest absolute Gasteiger partial charge is 0.373 e. The molecule has 0 fully saturated rings. The minimum absolute atomic E-state index is 0.158. The van der Waals surface area contributed by atoms with Gasteiger partial charge in [-0.2, -0.15) is 0 Å². The van der Waals surface area contributed by atoms with Crippen molar-refractivity contribution in [3.05, 3.63) is 59.5 Å². The van der Waals surface area contributed by atoms with Crippen molar-refractivity contribution in [1.82, 2.24) is 9.88 Å². The molecule has 0 saturated heterocycles. The summed E-state index contributed by atoms with van der Waals surface area (Å²) in [6.07, 6.45) is 1.76. The maximum absolute atomic E-state index is 13.6. The predicted octanol–water partition coefficient (Wildman–Crippen LogP) is 2.89. The van der Waals surface area contributed by atoms with Gasteiger partial charge < -0.3 is 5.32 Å². The molecule has 0 aliphatic carbocycles. The van der Waals surface area contributed by atoms with Crippen LogP contribution in [0.15, 0.2) is 42.6 Å². The van der Waals surface area contributed by atoms with Crippen molar-refractivity contribution >= 4 is 5.82 Å². The number of nitrogens with one attached hydrogen (secondary N) is 1. The fraction of sp³-hybridized carbons (Fsp3) is 0.267. The van der Waals surface area contributed by atoms with Gasteiger partial charge in [0.1, 0.15) is 11.6 Å². The molecular formula is C15H18FN3. The Morgan fingerprint density at radius 2 is 1.79 bits per heavy atom. The summed E-state index contributed by atoms with van der Waals surface area (Å²) >= 11 is 0. The van der Waals surface area contributed by atoms with E-state index < -0.39 is 0 Å². The molecule has 0 radical (unpaired) electrons. The molecule has 2 rings (SSSR count). The van der Waals surface area contributed by atoms with Gasteiger partial charge in [0, 0.05) is 37.5 Å². The molecule has 4 heteroatoms. The number of anilines is 1. The molecule has 1 N–H and O–H groups in total. The van der Waals surface area contributed by atoms with E-state index in [2.05, 4.69) is 15.2 Å². The summed E-state index contributed by atoms with van der Waals surface area (Å²) in [6, 6.07) is 10.8. The minimum atomic E-state index is -0.158. The molecule has 100 valence electrons. The number of hydrogen-bond donors (Lipinski definition) is 1. The fourth-order valence-electron chi connectivity index (χ4n) is 2.06. The SMILES string of the molecule is CNc1ncccc1CN(C)Cc1ccccc1F. The first-order valence-electron chi connectivity index (χ1n) is 6.24. The predicted molar refractivity (Wildman–Crippen MR) is 75.4 cm³/mol. The third-order valence-electron chi connectivity index (χ3n) is 2.97. The first-order valence-corrected chi connectivity index (χ1v) is 6.24. The molecule has 0 saturated carbocycles. The van der Waals surface area contributed by atoms with Crippen LogP contribution in [0.25, 0.3) is 0 Å². The zero-order valence-corrected chi connectivity index (χ0v) is 11.2. The first kappa shape index (κ1) is 13.5. The molecule has 1 aromatic carbocycles. The third-order valence-corrected chi connectivity index (χ3v) is 2.97. The van der Waals surface area contributed by atoms with E-state index in [0.717, 1.165) is 17.9 Å². The zero-order chi connectivity index (χ0) is 13.7. The molecule has 0 aliphatic rings. The highest BCUT2D eigenvalue weighted by atomic mass is 19.1. The van der Waals surface area contributed by atoms with Gasteiger partial charge in [0.25, 0.3) is 0 Å². The molecule has 0 amide bonds. The number of aromatic nitrogens is 1. The van der Waals surface area contributed by atoms with Crippen molar-refractivity contribution in [2.75, 3.05) is 19.4 Å². The van der Waals surface area contributed by atoms with E-state index in [4.69, 9.17) is 0 Å². The summed E-state index contributed by atoms with van der Waals surface area (Å²) in [5.74, 6) is 0.706. The van der Waals surface area contributed by atoms with Gasteiger partial charge in [-0.15, -0.1) is 0 Å². The molecule has 0 aliphatic heterocycles. The van der Waals surface area contributed by atoms with E-state index in [9.17, 15) is 4.39 Å². The van der Waals surface area contributed by atoms with Crippen LogP contribution in [-0.2, 0) is 13.1 Å². The number of nitrogens with zero attached hydrogens (tertiary/aromatic N) is 2. The van der Waals surface area contributed by atoms with E-state index in [0.29, 0.717) is 12.1 Å². The molecule has 0 unspecified atom stereocenters. The van der Waals surface area contributed by atoms with Gasteiger partial charge in [0.15, 0.2) is 0 Å². The van der Waals surface area contributed by atoms with Crippen LogP contribution in [0.2, 0.25) is 0 Å². The monoisotopic (exact) mass is 259 g/mol. The van der Waals surface area contributed by atoms with E-state index in [1.165, 1.54) is 6.07 Å². The maximum atomic E-state index is 13.6. The number of pyridine rings is 1. The Hall–Kier alpha value is -1.94. The molecule has 19 heavy (non-hydrogen) atoms. The highest BCUT2D eigenvalue weighted by Crippen LogP contribution is 2.15. The van der Waals surface area contributed by atoms with E-state index in [-0.39, 0.29) is 5.82 Å². The van der Waals surface area contributed by atoms with Gasteiger partial charge >= 0.3 is 0 Å². The summed E-state index contributed by atoms with van der Waals surface area (Å²) in [6.45, 7) is 1.29. The van der Waals surface area contributed by atoms with Gasteiger partial charge in [-0.05, 0) is 19.2 Å². The van der Waals surface area contributed by atoms with Crippen LogP contribution < -0.4 is 5.32 Å². The van der Waals surface area contributed by atoms with E-state index >= 15 is 0 Å². The molecule has 1 aromatic heterocycles. The van der Waals surface area contributed by atoms with Crippen LogP contribution in [0.3, 0.4) is 0 Å². The molecule has 3 nitrogen and oxygen atoms in total. The quantitative estimate of drug-likeness (QED) is 0.895. The number of rotatable bonds is 5.